The minimum absolute atomic E-state index is 0.0778. The van der Waals surface area contributed by atoms with Crippen molar-refractivity contribution in [3.63, 3.8) is 0 Å². The van der Waals surface area contributed by atoms with E-state index in [9.17, 15) is 18.0 Å². The van der Waals surface area contributed by atoms with Crippen molar-refractivity contribution >= 4 is 32.6 Å². The Bertz CT molecular complexity index is 1270. The number of H-pyrrole nitrogens is 1. The maximum Gasteiger partial charge on any atom is 0.242 e. The van der Waals surface area contributed by atoms with Crippen molar-refractivity contribution in [1.82, 2.24) is 14.2 Å². The quantitative estimate of drug-likeness (QED) is 0.489. The second-order valence-electron chi connectivity index (χ2n) is 8.96. The van der Waals surface area contributed by atoms with Crippen molar-refractivity contribution in [2.45, 2.75) is 43.4 Å². The normalized spacial score (nSPS) is 15.2. The van der Waals surface area contributed by atoms with Gasteiger partial charge in [-0.2, -0.15) is 0 Å². The zero-order chi connectivity index (χ0) is 24.3. The minimum atomic E-state index is -3.66. The van der Waals surface area contributed by atoms with E-state index in [1.165, 1.54) is 53.5 Å². The van der Waals surface area contributed by atoms with Gasteiger partial charge in [-0.3, -0.25) is 9.59 Å². The maximum absolute atomic E-state index is 12.8. The summed E-state index contributed by atoms with van der Waals surface area (Å²) in [5, 5.41) is 1.26. The van der Waals surface area contributed by atoms with Gasteiger partial charge in [0, 0.05) is 55.8 Å². The van der Waals surface area contributed by atoms with E-state index in [2.05, 4.69) is 29.4 Å². The Morgan fingerprint density at radius 1 is 1.06 bits per heavy atom. The molecule has 7 nitrogen and oxygen atoms in total. The highest BCUT2D eigenvalue weighted by Crippen LogP contribution is 2.33. The number of likely N-dealkylation sites (tertiary alicyclic amines) is 1. The number of nitrogens with zero attached hydrogens (tertiary/aromatic N) is 2. The fourth-order valence-electron chi connectivity index (χ4n) is 4.64. The van der Waals surface area contributed by atoms with Gasteiger partial charge in [-0.25, -0.2) is 12.7 Å². The highest BCUT2D eigenvalue weighted by Gasteiger charge is 2.26. The summed E-state index contributed by atoms with van der Waals surface area (Å²) in [7, 11) is -2.14. The van der Waals surface area contributed by atoms with Crippen LogP contribution in [0.1, 0.15) is 54.4 Å². The SMILES string of the molecule is CC(=O)c1ccc(S(=O)(=O)N(C)CCCC(=O)N2CCC(c3c[nH]c4ccccc34)CC2)cc1. The van der Waals surface area contributed by atoms with Crippen LogP contribution in [-0.4, -0.2) is 61.0 Å². The number of para-hydroxylation sites is 1. The molecule has 1 aliphatic rings. The third kappa shape index (κ3) is 5.08. The fourth-order valence-corrected chi connectivity index (χ4v) is 5.85. The van der Waals surface area contributed by atoms with Gasteiger partial charge in [0.2, 0.25) is 15.9 Å². The molecule has 0 radical (unpaired) electrons. The maximum atomic E-state index is 12.8. The van der Waals surface area contributed by atoms with E-state index in [-0.39, 0.29) is 23.1 Å². The second kappa shape index (κ2) is 10.1. The molecule has 2 aromatic carbocycles. The Kier molecular flexibility index (Phi) is 7.19. The Balaban J connectivity index is 1.26. The van der Waals surface area contributed by atoms with E-state index in [1.807, 2.05) is 11.0 Å². The number of carbonyl (C=O) groups excluding carboxylic acids is 2. The van der Waals surface area contributed by atoms with Crippen LogP contribution in [0.15, 0.2) is 59.6 Å². The molecule has 1 aromatic heterocycles. The molecule has 0 spiro atoms. The summed E-state index contributed by atoms with van der Waals surface area (Å²) in [6.07, 6.45) is 4.73. The van der Waals surface area contributed by atoms with Crippen LogP contribution in [0.25, 0.3) is 10.9 Å². The number of hydrogen-bond acceptors (Lipinski definition) is 4. The van der Waals surface area contributed by atoms with Crippen LogP contribution >= 0.6 is 0 Å². The van der Waals surface area contributed by atoms with Crippen molar-refractivity contribution in [2.24, 2.45) is 0 Å². The molecule has 0 atom stereocenters. The molecule has 4 rings (SSSR count). The number of rotatable bonds is 8. The van der Waals surface area contributed by atoms with Gasteiger partial charge in [0.15, 0.2) is 5.78 Å². The second-order valence-corrected chi connectivity index (χ2v) is 11.0. The molecule has 0 saturated carbocycles. The smallest absolute Gasteiger partial charge is 0.242 e. The molecule has 34 heavy (non-hydrogen) atoms. The third-order valence-corrected chi connectivity index (χ3v) is 8.61. The number of carbonyl (C=O) groups is 2. The predicted octanol–water partition coefficient (Wildman–Crippen LogP) is 4.18. The first-order chi connectivity index (χ1) is 16.3. The molecule has 0 bridgehead atoms. The summed E-state index contributed by atoms with van der Waals surface area (Å²) >= 11 is 0. The molecule has 3 aromatic rings. The third-order valence-electron chi connectivity index (χ3n) is 6.74. The number of piperidine rings is 1. The molecule has 1 N–H and O–H groups in total. The van der Waals surface area contributed by atoms with Gasteiger partial charge in [0.05, 0.1) is 4.90 Å². The summed E-state index contributed by atoms with van der Waals surface area (Å²) in [5.74, 6) is 0.404. The average molecular weight is 482 g/mol. The molecule has 180 valence electrons. The highest BCUT2D eigenvalue weighted by atomic mass is 32.2. The van der Waals surface area contributed by atoms with Crippen LogP contribution in [0.4, 0.5) is 0 Å². The number of hydrogen-bond donors (Lipinski definition) is 1. The van der Waals surface area contributed by atoms with Crippen molar-refractivity contribution in [1.29, 1.82) is 0 Å². The van der Waals surface area contributed by atoms with Gasteiger partial charge in [-0.15, -0.1) is 0 Å². The Hall–Kier alpha value is -2.97. The van der Waals surface area contributed by atoms with Gasteiger partial charge in [0.1, 0.15) is 0 Å². The van der Waals surface area contributed by atoms with Gasteiger partial charge < -0.3 is 9.88 Å². The van der Waals surface area contributed by atoms with Crippen molar-refractivity contribution in [2.75, 3.05) is 26.7 Å². The van der Waals surface area contributed by atoms with E-state index in [0.29, 0.717) is 24.3 Å². The molecule has 2 heterocycles. The summed E-state index contributed by atoms with van der Waals surface area (Å²) < 4.78 is 26.8. The van der Waals surface area contributed by atoms with E-state index < -0.39 is 10.0 Å². The molecular formula is C26H31N3O4S. The van der Waals surface area contributed by atoms with Gasteiger partial charge in [0.25, 0.3) is 0 Å². The largest absolute Gasteiger partial charge is 0.361 e. The molecule has 1 amide bonds. The topological polar surface area (TPSA) is 90.6 Å². The van der Waals surface area contributed by atoms with Crippen LogP contribution in [-0.2, 0) is 14.8 Å². The molecule has 8 heteroatoms. The van der Waals surface area contributed by atoms with Crippen molar-refractivity contribution in [3.8, 4) is 0 Å². The number of fused-ring (bicyclic) bond motifs is 1. The zero-order valence-electron chi connectivity index (χ0n) is 19.7. The van der Waals surface area contributed by atoms with E-state index in [1.54, 1.807) is 0 Å². The van der Waals surface area contributed by atoms with Crippen LogP contribution < -0.4 is 0 Å². The first-order valence-electron chi connectivity index (χ1n) is 11.7. The fraction of sp³-hybridized carbons (Fsp3) is 0.385. The lowest BCUT2D eigenvalue weighted by molar-refractivity contribution is -0.132. The van der Waals surface area contributed by atoms with E-state index >= 15 is 0 Å². The number of Topliss-reactive ketones (excluding diaryl/α,β-unsaturated/α-hetero) is 1. The average Bonchev–Trinajstić information content (AvgIpc) is 3.28. The van der Waals surface area contributed by atoms with Crippen molar-refractivity contribution < 1.29 is 18.0 Å². The summed E-state index contributed by atoms with van der Waals surface area (Å²) in [6.45, 7) is 3.14. The van der Waals surface area contributed by atoms with Crippen LogP contribution in [0.5, 0.6) is 0 Å². The number of aromatic nitrogens is 1. The Labute approximate surface area is 200 Å². The molecule has 1 aliphatic heterocycles. The molecule has 0 unspecified atom stereocenters. The first kappa shape index (κ1) is 24.2. The molecular weight excluding hydrogens is 450 g/mol. The number of sulfonamides is 1. The zero-order valence-corrected chi connectivity index (χ0v) is 20.5. The molecule has 1 saturated heterocycles. The lowest BCUT2D eigenvalue weighted by Gasteiger charge is -2.32. The standard InChI is InChI=1S/C26H31N3O4S/c1-19(30)20-9-11-22(12-10-20)34(32,33)28(2)15-5-8-26(31)29-16-13-21(14-17-29)24-18-27-25-7-4-3-6-23(24)25/h3-4,6-7,9-12,18,21,27H,5,8,13-17H2,1-2H3. The lowest BCUT2D eigenvalue weighted by atomic mass is 9.89. The highest BCUT2D eigenvalue weighted by molar-refractivity contribution is 7.89. The number of nitrogens with one attached hydrogen (secondary N) is 1. The summed E-state index contributed by atoms with van der Waals surface area (Å²) in [4.78, 5) is 29.5. The number of ketones is 1. The molecule has 0 aliphatic carbocycles. The minimum Gasteiger partial charge on any atom is -0.361 e. The van der Waals surface area contributed by atoms with Gasteiger partial charge >= 0.3 is 0 Å². The van der Waals surface area contributed by atoms with E-state index in [0.717, 1.165) is 31.4 Å². The van der Waals surface area contributed by atoms with Crippen LogP contribution in [0.2, 0.25) is 0 Å². The van der Waals surface area contributed by atoms with Gasteiger partial charge in [-0.1, -0.05) is 30.3 Å². The van der Waals surface area contributed by atoms with E-state index in [4.69, 9.17) is 0 Å². The summed E-state index contributed by atoms with van der Waals surface area (Å²) in [5.41, 5.74) is 2.94. The predicted molar refractivity (Wildman–Crippen MR) is 132 cm³/mol. The van der Waals surface area contributed by atoms with Crippen molar-refractivity contribution in [3.05, 3.63) is 65.9 Å². The van der Waals surface area contributed by atoms with Crippen LogP contribution in [0, 0.1) is 0 Å². The molecule has 1 fully saturated rings. The Morgan fingerprint density at radius 3 is 2.41 bits per heavy atom. The lowest BCUT2D eigenvalue weighted by Crippen LogP contribution is -2.38. The number of aromatic amines is 1. The number of benzene rings is 2. The Morgan fingerprint density at radius 2 is 1.74 bits per heavy atom. The first-order valence-corrected chi connectivity index (χ1v) is 13.1. The summed E-state index contributed by atoms with van der Waals surface area (Å²) in [6, 6.07) is 14.2. The van der Waals surface area contributed by atoms with Crippen LogP contribution in [0.3, 0.4) is 0 Å². The van der Waals surface area contributed by atoms with Gasteiger partial charge in [-0.05, 0) is 55.9 Å². The monoisotopic (exact) mass is 481 g/mol. The number of amides is 1.